The van der Waals surface area contributed by atoms with Gasteiger partial charge in [0.05, 0.1) is 10.3 Å². The lowest BCUT2D eigenvalue weighted by atomic mass is 9.42. The number of rotatable bonds is 5. The van der Waals surface area contributed by atoms with Crippen LogP contribution in [0.1, 0.15) is 62.5 Å². The number of hydrogen-bond acceptors (Lipinski definition) is 4. The minimum Gasteiger partial charge on any atom is -0.326 e. The molecule has 7 heteroatoms. The van der Waals surface area contributed by atoms with Gasteiger partial charge in [-0.3, -0.25) is 14.5 Å². The van der Waals surface area contributed by atoms with E-state index in [4.69, 9.17) is 0 Å². The highest BCUT2D eigenvalue weighted by Gasteiger charge is 2.60. The van der Waals surface area contributed by atoms with Crippen LogP contribution in [0.15, 0.2) is 58.4 Å². The molecule has 4 saturated carbocycles. The fourth-order valence-electron chi connectivity index (χ4n) is 7.61. The standard InChI is InChI=1S/C28H33N3O3S/c1-19-7-9-22(10-8-19)27-14-20-12-21(15-27)17-28(16-20,18-27)26(32)30-23-4-2-5-24(13-23)35(33,34)31-25-6-3-11-29-25/h2,4-5,7-10,13,20-21H,3,6,11-12,14-18H2,1H3,(H,29,31)(H,30,32). The van der Waals surface area contributed by atoms with Gasteiger partial charge < -0.3 is 5.32 Å². The van der Waals surface area contributed by atoms with Crippen LogP contribution >= 0.6 is 0 Å². The Bertz CT molecular complexity index is 1280. The molecule has 2 unspecified atom stereocenters. The second kappa shape index (κ2) is 8.19. The van der Waals surface area contributed by atoms with Crippen LogP contribution in [0.25, 0.3) is 0 Å². The second-order valence-corrected chi connectivity index (χ2v) is 13.1. The highest BCUT2D eigenvalue weighted by molar-refractivity contribution is 7.90. The molecule has 1 aliphatic heterocycles. The maximum atomic E-state index is 13.8. The maximum Gasteiger partial charge on any atom is 0.262 e. The van der Waals surface area contributed by atoms with Crippen LogP contribution in [0.4, 0.5) is 5.69 Å². The van der Waals surface area contributed by atoms with E-state index >= 15 is 0 Å². The first kappa shape index (κ1) is 22.8. The van der Waals surface area contributed by atoms with Crippen LogP contribution in [0.5, 0.6) is 0 Å². The third kappa shape index (κ3) is 4.07. The number of nitrogens with zero attached hydrogens (tertiary/aromatic N) is 1. The normalized spacial score (nSPS) is 31.3. The monoisotopic (exact) mass is 491 g/mol. The van der Waals surface area contributed by atoms with Gasteiger partial charge in [0.15, 0.2) is 0 Å². The quantitative estimate of drug-likeness (QED) is 0.621. The van der Waals surface area contributed by atoms with Crippen molar-refractivity contribution in [2.75, 3.05) is 11.9 Å². The van der Waals surface area contributed by atoms with Crippen LogP contribution in [-0.2, 0) is 20.2 Å². The fourth-order valence-corrected chi connectivity index (χ4v) is 8.75. The fraction of sp³-hybridized carbons (Fsp3) is 0.500. The van der Waals surface area contributed by atoms with Crippen molar-refractivity contribution in [3.8, 4) is 0 Å². The zero-order valence-electron chi connectivity index (χ0n) is 20.2. The lowest BCUT2D eigenvalue weighted by Gasteiger charge is -2.61. The first-order chi connectivity index (χ1) is 16.8. The molecule has 6 nitrogen and oxygen atoms in total. The zero-order chi connectivity index (χ0) is 24.3. The van der Waals surface area contributed by atoms with Gasteiger partial charge in [-0.25, -0.2) is 8.42 Å². The molecular formula is C28H33N3O3S. The Labute approximate surface area is 207 Å². The Hall–Kier alpha value is -2.67. The number of aryl methyl sites for hydroxylation is 1. The molecule has 4 aliphatic carbocycles. The molecule has 1 amide bonds. The molecule has 2 aromatic rings. The van der Waals surface area contributed by atoms with Crippen LogP contribution in [0.2, 0.25) is 0 Å². The summed E-state index contributed by atoms with van der Waals surface area (Å²) in [5.74, 6) is 1.71. The summed E-state index contributed by atoms with van der Waals surface area (Å²) in [6.07, 6.45) is 7.82. The molecule has 2 N–H and O–H groups in total. The number of sulfonamides is 1. The number of carbonyl (C=O) groups excluding carboxylic acids is 1. The van der Waals surface area contributed by atoms with E-state index in [1.54, 1.807) is 24.3 Å². The average Bonchev–Trinajstić information content (AvgIpc) is 3.31. The molecule has 4 fully saturated rings. The number of hydrogen-bond donors (Lipinski definition) is 2. The Morgan fingerprint density at radius 1 is 1.03 bits per heavy atom. The topological polar surface area (TPSA) is 87.6 Å². The van der Waals surface area contributed by atoms with E-state index in [2.05, 4.69) is 46.2 Å². The number of amides is 1. The lowest BCUT2D eigenvalue weighted by molar-refractivity contribution is -0.143. The van der Waals surface area contributed by atoms with E-state index < -0.39 is 10.0 Å². The van der Waals surface area contributed by atoms with E-state index in [0.717, 1.165) is 25.7 Å². The molecule has 35 heavy (non-hydrogen) atoms. The number of nitrogens with one attached hydrogen (secondary N) is 2. The van der Waals surface area contributed by atoms with Crippen LogP contribution in [0, 0.1) is 24.2 Å². The third-order valence-corrected chi connectivity index (χ3v) is 10.1. The molecule has 0 radical (unpaired) electrons. The molecule has 0 aromatic heterocycles. The summed E-state index contributed by atoms with van der Waals surface area (Å²) in [7, 11) is -3.73. The van der Waals surface area contributed by atoms with Gasteiger partial charge in [-0.2, -0.15) is 0 Å². The van der Waals surface area contributed by atoms with Crippen molar-refractivity contribution >= 4 is 27.5 Å². The smallest absolute Gasteiger partial charge is 0.262 e. The van der Waals surface area contributed by atoms with Crippen molar-refractivity contribution < 1.29 is 13.2 Å². The molecule has 4 bridgehead atoms. The minimum atomic E-state index is -3.73. The van der Waals surface area contributed by atoms with Crippen molar-refractivity contribution in [3.63, 3.8) is 0 Å². The summed E-state index contributed by atoms with van der Waals surface area (Å²) < 4.78 is 28.3. The lowest BCUT2D eigenvalue weighted by Crippen LogP contribution is -2.57. The zero-order valence-corrected chi connectivity index (χ0v) is 21.0. The molecule has 0 saturated heterocycles. The molecular weight excluding hydrogens is 458 g/mol. The Morgan fingerprint density at radius 2 is 1.77 bits per heavy atom. The Balaban J connectivity index is 1.25. The summed E-state index contributed by atoms with van der Waals surface area (Å²) in [6, 6.07) is 15.5. The third-order valence-electron chi connectivity index (χ3n) is 8.74. The molecule has 0 spiro atoms. The Kier molecular flexibility index (Phi) is 5.33. The van der Waals surface area contributed by atoms with Gasteiger partial charge >= 0.3 is 0 Å². The average molecular weight is 492 g/mol. The Morgan fingerprint density at radius 3 is 2.46 bits per heavy atom. The molecule has 2 atom stereocenters. The summed E-state index contributed by atoms with van der Waals surface area (Å²) in [5, 5.41) is 3.12. The predicted octanol–water partition coefficient (Wildman–Crippen LogP) is 4.94. The summed E-state index contributed by atoms with van der Waals surface area (Å²) >= 11 is 0. The van der Waals surface area contributed by atoms with E-state index in [0.29, 0.717) is 36.3 Å². The summed E-state index contributed by atoms with van der Waals surface area (Å²) in [5.41, 5.74) is 2.86. The molecule has 184 valence electrons. The van der Waals surface area contributed by atoms with Crippen molar-refractivity contribution in [1.82, 2.24) is 4.72 Å². The van der Waals surface area contributed by atoms with Gasteiger partial charge in [0, 0.05) is 18.7 Å². The van der Waals surface area contributed by atoms with Gasteiger partial charge in [0.2, 0.25) is 5.91 Å². The number of benzene rings is 2. The van der Waals surface area contributed by atoms with Gasteiger partial charge in [-0.1, -0.05) is 35.9 Å². The maximum absolute atomic E-state index is 13.8. The SMILES string of the molecule is Cc1ccc(C23CC4CC(CC(C(=O)Nc5cccc(S(=O)(=O)NC6=NCCC6)c5)(C4)C2)C3)cc1. The highest BCUT2D eigenvalue weighted by atomic mass is 32.2. The number of aliphatic imine (C=N–C) groups is 1. The van der Waals surface area contributed by atoms with E-state index in [1.807, 2.05) is 0 Å². The largest absolute Gasteiger partial charge is 0.326 e. The number of carbonyl (C=O) groups is 1. The van der Waals surface area contributed by atoms with Gasteiger partial charge in [0.25, 0.3) is 10.0 Å². The van der Waals surface area contributed by atoms with Crippen molar-refractivity contribution in [2.24, 2.45) is 22.2 Å². The van der Waals surface area contributed by atoms with Gasteiger partial charge in [-0.05, 0) is 92.9 Å². The van der Waals surface area contributed by atoms with Crippen LogP contribution < -0.4 is 10.0 Å². The summed E-state index contributed by atoms with van der Waals surface area (Å²) in [4.78, 5) is 18.2. The number of amidine groups is 1. The van der Waals surface area contributed by atoms with Crippen molar-refractivity contribution in [2.45, 2.75) is 68.6 Å². The van der Waals surface area contributed by atoms with Crippen LogP contribution in [0.3, 0.4) is 0 Å². The number of anilines is 1. The summed E-state index contributed by atoms with van der Waals surface area (Å²) in [6.45, 7) is 2.77. The van der Waals surface area contributed by atoms with Crippen molar-refractivity contribution in [1.29, 1.82) is 0 Å². The molecule has 2 aromatic carbocycles. The molecule has 5 aliphatic rings. The first-order valence-electron chi connectivity index (χ1n) is 12.8. The van der Waals surface area contributed by atoms with Gasteiger partial charge in [0.1, 0.15) is 5.84 Å². The van der Waals surface area contributed by atoms with Crippen molar-refractivity contribution in [3.05, 3.63) is 59.7 Å². The minimum absolute atomic E-state index is 0.0470. The highest BCUT2D eigenvalue weighted by Crippen LogP contribution is 2.66. The van der Waals surface area contributed by atoms with Gasteiger partial charge in [-0.15, -0.1) is 0 Å². The van der Waals surface area contributed by atoms with E-state index in [1.165, 1.54) is 30.4 Å². The van der Waals surface area contributed by atoms with Crippen LogP contribution in [-0.4, -0.2) is 26.7 Å². The predicted molar refractivity (Wildman–Crippen MR) is 137 cm³/mol. The van der Waals surface area contributed by atoms with E-state index in [-0.39, 0.29) is 21.6 Å². The second-order valence-electron chi connectivity index (χ2n) is 11.4. The molecule has 7 rings (SSSR count). The van der Waals surface area contributed by atoms with E-state index in [9.17, 15) is 13.2 Å². The molecule has 1 heterocycles. The first-order valence-corrected chi connectivity index (χ1v) is 14.3.